The second-order valence-electron chi connectivity index (χ2n) is 3.90. The topological polar surface area (TPSA) is 59.2 Å². The summed E-state index contributed by atoms with van der Waals surface area (Å²) in [7, 11) is 0. The number of amides is 1. The molecule has 1 amide bonds. The first kappa shape index (κ1) is 10.5. The maximum Gasteiger partial charge on any atom is 0.316 e. The summed E-state index contributed by atoms with van der Waals surface area (Å²) >= 11 is 1.52. The molecular formula is C11H11N3O2S. The largest absolute Gasteiger partial charge is 0.334 e. The van der Waals surface area contributed by atoms with E-state index in [1.807, 2.05) is 17.5 Å². The number of carbonyl (C=O) groups is 1. The minimum absolute atomic E-state index is 0.0929. The zero-order valence-electron chi connectivity index (χ0n) is 9.13. The molecule has 6 heteroatoms. The molecule has 3 heterocycles. The molecule has 0 aliphatic carbocycles. The van der Waals surface area contributed by atoms with Gasteiger partial charge in [-0.15, -0.1) is 11.3 Å². The van der Waals surface area contributed by atoms with Crippen LogP contribution < -0.4 is 0 Å². The second kappa shape index (κ2) is 4.29. The predicted molar refractivity (Wildman–Crippen MR) is 62.7 cm³/mol. The highest BCUT2D eigenvalue weighted by atomic mass is 32.1. The molecule has 17 heavy (non-hydrogen) atoms. The van der Waals surface area contributed by atoms with Crippen LogP contribution in [-0.2, 0) is 0 Å². The fourth-order valence-corrected chi connectivity index (χ4v) is 2.52. The molecule has 0 aromatic carbocycles. The quantitative estimate of drug-likeness (QED) is 0.817. The van der Waals surface area contributed by atoms with E-state index in [2.05, 4.69) is 10.1 Å². The SMILES string of the molecule is O=C(c1nc(-c2cccs2)no1)N1CCCC1. The van der Waals surface area contributed by atoms with Crippen LogP contribution in [0.1, 0.15) is 23.5 Å². The van der Waals surface area contributed by atoms with Crippen molar-refractivity contribution < 1.29 is 9.32 Å². The van der Waals surface area contributed by atoms with Crippen LogP contribution in [0, 0.1) is 0 Å². The number of thiophene rings is 1. The Hall–Kier alpha value is -1.69. The summed E-state index contributed by atoms with van der Waals surface area (Å²) in [6.45, 7) is 1.57. The van der Waals surface area contributed by atoms with Crippen molar-refractivity contribution in [1.29, 1.82) is 0 Å². The van der Waals surface area contributed by atoms with Crippen molar-refractivity contribution in [3.63, 3.8) is 0 Å². The van der Waals surface area contributed by atoms with Gasteiger partial charge in [0.2, 0.25) is 5.82 Å². The van der Waals surface area contributed by atoms with Crippen molar-refractivity contribution in [2.24, 2.45) is 0 Å². The van der Waals surface area contributed by atoms with E-state index in [1.54, 1.807) is 4.90 Å². The van der Waals surface area contributed by atoms with Crippen LogP contribution in [0.5, 0.6) is 0 Å². The lowest BCUT2D eigenvalue weighted by atomic mass is 10.4. The van der Waals surface area contributed by atoms with Gasteiger partial charge in [-0.3, -0.25) is 4.79 Å². The summed E-state index contributed by atoms with van der Waals surface area (Å²) in [5.41, 5.74) is 0. The van der Waals surface area contributed by atoms with Gasteiger partial charge in [0.1, 0.15) is 0 Å². The fraction of sp³-hybridized carbons (Fsp3) is 0.364. The summed E-state index contributed by atoms with van der Waals surface area (Å²) in [6, 6.07) is 3.82. The molecule has 2 aromatic heterocycles. The van der Waals surface area contributed by atoms with E-state index in [1.165, 1.54) is 11.3 Å². The Bertz CT molecular complexity index is 515. The number of carbonyl (C=O) groups excluding carboxylic acids is 1. The standard InChI is InChI=1S/C11H11N3O2S/c15-11(14-5-1-2-6-14)10-12-9(13-16-10)8-4-3-7-17-8/h3-4,7H,1-2,5-6H2. The van der Waals surface area contributed by atoms with Gasteiger partial charge in [0.15, 0.2) is 0 Å². The summed E-state index contributed by atoms with van der Waals surface area (Å²) in [5.74, 6) is 0.427. The highest BCUT2D eigenvalue weighted by Crippen LogP contribution is 2.22. The van der Waals surface area contributed by atoms with Crippen molar-refractivity contribution >= 4 is 17.2 Å². The van der Waals surface area contributed by atoms with Gasteiger partial charge in [0, 0.05) is 13.1 Å². The monoisotopic (exact) mass is 249 g/mol. The molecule has 0 N–H and O–H groups in total. The lowest BCUT2D eigenvalue weighted by Gasteiger charge is -2.10. The third-order valence-electron chi connectivity index (χ3n) is 2.74. The average Bonchev–Trinajstić information content (AvgIpc) is 3.09. The van der Waals surface area contributed by atoms with Crippen molar-refractivity contribution in [3.8, 4) is 10.7 Å². The maximum absolute atomic E-state index is 12.0. The van der Waals surface area contributed by atoms with E-state index in [0.29, 0.717) is 5.82 Å². The van der Waals surface area contributed by atoms with Gasteiger partial charge >= 0.3 is 11.8 Å². The Kier molecular flexibility index (Phi) is 2.64. The number of rotatable bonds is 2. The van der Waals surface area contributed by atoms with Crippen molar-refractivity contribution in [3.05, 3.63) is 23.4 Å². The number of hydrogen-bond acceptors (Lipinski definition) is 5. The van der Waals surface area contributed by atoms with Crippen LogP contribution in [0.4, 0.5) is 0 Å². The number of likely N-dealkylation sites (tertiary alicyclic amines) is 1. The highest BCUT2D eigenvalue weighted by Gasteiger charge is 2.24. The molecule has 88 valence electrons. The zero-order valence-corrected chi connectivity index (χ0v) is 9.94. The van der Waals surface area contributed by atoms with Gasteiger partial charge in [-0.2, -0.15) is 4.98 Å². The van der Waals surface area contributed by atoms with Crippen LogP contribution in [-0.4, -0.2) is 34.0 Å². The van der Waals surface area contributed by atoms with Crippen LogP contribution in [0.25, 0.3) is 10.7 Å². The highest BCUT2D eigenvalue weighted by molar-refractivity contribution is 7.13. The maximum atomic E-state index is 12.0. The molecular weight excluding hydrogens is 238 g/mol. The molecule has 1 aliphatic heterocycles. The molecule has 0 bridgehead atoms. The normalized spacial score (nSPS) is 15.4. The van der Waals surface area contributed by atoms with Gasteiger partial charge in [0.05, 0.1) is 4.88 Å². The van der Waals surface area contributed by atoms with Gasteiger partial charge in [-0.05, 0) is 24.3 Å². The fourth-order valence-electron chi connectivity index (χ4n) is 1.87. The average molecular weight is 249 g/mol. The molecule has 0 saturated carbocycles. The van der Waals surface area contributed by atoms with Crippen molar-refractivity contribution in [2.45, 2.75) is 12.8 Å². The zero-order chi connectivity index (χ0) is 11.7. The Balaban J connectivity index is 1.82. The third kappa shape index (κ3) is 1.95. The van der Waals surface area contributed by atoms with E-state index in [4.69, 9.17) is 4.52 Å². The van der Waals surface area contributed by atoms with Gasteiger partial charge in [-0.25, -0.2) is 0 Å². The van der Waals surface area contributed by atoms with Gasteiger partial charge in [0.25, 0.3) is 0 Å². The van der Waals surface area contributed by atoms with E-state index in [9.17, 15) is 4.79 Å². The molecule has 1 fully saturated rings. The molecule has 0 unspecified atom stereocenters. The minimum Gasteiger partial charge on any atom is -0.334 e. The Labute approximate surface area is 102 Å². The Morgan fingerprint density at radius 1 is 1.41 bits per heavy atom. The van der Waals surface area contributed by atoms with Crippen LogP contribution in [0.3, 0.4) is 0 Å². The van der Waals surface area contributed by atoms with Crippen molar-refractivity contribution in [2.75, 3.05) is 13.1 Å². The molecule has 0 radical (unpaired) electrons. The smallest absolute Gasteiger partial charge is 0.316 e. The number of hydrogen-bond donors (Lipinski definition) is 0. The first-order valence-corrected chi connectivity index (χ1v) is 6.39. The Morgan fingerprint density at radius 3 is 2.94 bits per heavy atom. The lowest BCUT2D eigenvalue weighted by molar-refractivity contribution is 0.0743. The molecule has 0 spiro atoms. The molecule has 3 rings (SSSR count). The van der Waals surface area contributed by atoms with E-state index < -0.39 is 0 Å². The summed E-state index contributed by atoms with van der Waals surface area (Å²) in [5, 5.41) is 5.77. The first-order valence-electron chi connectivity index (χ1n) is 5.51. The second-order valence-corrected chi connectivity index (χ2v) is 4.85. The minimum atomic E-state index is -0.155. The molecule has 0 atom stereocenters. The van der Waals surface area contributed by atoms with Crippen LogP contribution >= 0.6 is 11.3 Å². The van der Waals surface area contributed by atoms with E-state index >= 15 is 0 Å². The number of aromatic nitrogens is 2. The third-order valence-corrected chi connectivity index (χ3v) is 3.61. The van der Waals surface area contributed by atoms with Crippen LogP contribution in [0.15, 0.2) is 22.0 Å². The predicted octanol–water partition coefficient (Wildman–Crippen LogP) is 2.03. The molecule has 1 saturated heterocycles. The van der Waals surface area contributed by atoms with Gasteiger partial charge < -0.3 is 9.42 Å². The Morgan fingerprint density at radius 2 is 2.24 bits per heavy atom. The number of nitrogens with zero attached hydrogens (tertiary/aromatic N) is 3. The molecule has 2 aromatic rings. The summed E-state index contributed by atoms with van der Waals surface area (Å²) < 4.78 is 5.02. The van der Waals surface area contributed by atoms with E-state index in [0.717, 1.165) is 30.8 Å². The molecule has 5 nitrogen and oxygen atoms in total. The van der Waals surface area contributed by atoms with Gasteiger partial charge in [-0.1, -0.05) is 11.2 Å². The van der Waals surface area contributed by atoms with Crippen LogP contribution in [0.2, 0.25) is 0 Å². The molecule has 1 aliphatic rings. The lowest BCUT2D eigenvalue weighted by Crippen LogP contribution is -2.27. The summed E-state index contributed by atoms with van der Waals surface area (Å²) in [4.78, 5) is 18.8. The van der Waals surface area contributed by atoms with E-state index in [-0.39, 0.29) is 11.8 Å². The first-order chi connectivity index (χ1) is 8.34. The summed E-state index contributed by atoms with van der Waals surface area (Å²) in [6.07, 6.45) is 2.11. The van der Waals surface area contributed by atoms with Crippen molar-refractivity contribution in [1.82, 2.24) is 15.0 Å².